The van der Waals surface area contributed by atoms with Gasteiger partial charge in [-0.15, -0.1) is 13.2 Å². The van der Waals surface area contributed by atoms with Crippen LogP contribution in [0.3, 0.4) is 0 Å². The first-order valence-electron chi connectivity index (χ1n) is 13.7. The number of benzene rings is 1. The largest absolute Gasteiger partial charge is 0.573 e. The highest BCUT2D eigenvalue weighted by Crippen LogP contribution is 2.33. The third-order valence-corrected chi connectivity index (χ3v) is 7.23. The van der Waals surface area contributed by atoms with Crippen LogP contribution < -0.4 is 30.5 Å². The highest BCUT2D eigenvalue weighted by molar-refractivity contribution is 5.92. The summed E-state index contributed by atoms with van der Waals surface area (Å²) in [4.78, 5) is 63.0. The number of aryl methyl sites for hydroxylation is 2. The lowest BCUT2D eigenvalue weighted by Gasteiger charge is -2.36. The summed E-state index contributed by atoms with van der Waals surface area (Å²) in [5.41, 5.74) is 0.624. The smallest absolute Gasteiger partial charge is 0.416 e. The number of para-hydroxylation sites is 2. The molecule has 0 atom stereocenters. The topological polar surface area (TPSA) is 125 Å². The van der Waals surface area contributed by atoms with E-state index in [0.29, 0.717) is 62.5 Å². The SMILES string of the molecule is Cc1ccnc(CCCN2CCN(c3ccccc3OC(F)(F)F)CC2)c1Cn1cc2c(=O)n(c1=O)OC(=O)/C=C/C(=O)O2. The molecular formula is C29H28F3N5O7. The molecule has 44 heavy (non-hydrogen) atoms. The van der Waals surface area contributed by atoms with E-state index in [1.54, 1.807) is 24.4 Å². The predicted molar refractivity (Wildman–Crippen MR) is 149 cm³/mol. The number of carbonyl (C=O) groups is 2. The quantitative estimate of drug-likeness (QED) is 0.347. The van der Waals surface area contributed by atoms with Crippen molar-refractivity contribution in [3.8, 4) is 11.5 Å². The number of rotatable bonds is 8. The second kappa shape index (κ2) is 12.8. The lowest BCUT2D eigenvalue weighted by molar-refractivity contribution is -0.274. The van der Waals surface area contributed by atoms with Crippen LogP contribution >= 0.6 is 0 Å². The minimum atomic E-state index is -4.78. The van der Waals surface area contributed by atoms with Gasteiger partial charge in [-0.2, -0.15) is 0 Å². The van der Waals surface area contributed by atoms with Gasteiger partial charge in [0.2, 0.25) is 5.75 Å². The first kappa shape index (κ1) is 30.5. The van der Waals surface area contributed by atoms with Crippen LogP contribution in [0.4, 0.5) is 18.9 Å². The maximum Gasteiger partial charge on any atom is 0.573 e. The number of carbonyl (C=O) groups excluding carboxylic acids is 2. The molecule has 1 aromatic carbocycles. The Balaban J connectivity index is 1.25. The first-order chi connectivity index (χ1) is 21.0. The number of alkyl halides is 3. The van der Waals surface area contributed by atoms with Crippen molar-refractivity contribution in [2.24, 2.45) is 0 Å². The van der Waals surface area contributed by atoms with Gasteiger partial charge in [-0.1, -0.05) is 16.9 Å². The van der Waals surface area contributed by atoms with E-state index in [0.717, 1.165) is 28.5 Å². The van der Waals surface area contributed by atoms with Gasteiger partial charge in [-0.25, -0.2) is 14.4 Å². The zero-order chi connectivity index (χ0) is 31.4. The number of fused-ring (bicyclic) bond motifs is 2. The number of esters is 1. The second-order valence-electron chi connectivity index (χ2n) is 10.2. The molecule has 3 aromatic rings. The number of aromatic nitrogens is 3. The molecule has 1 fully saturated rings. The molecule has 1 saturated heterocycles. The van der Waals surface area contributed by atoms with Crippen molar-refractivity contribution in [3.63, 3.8) is 0 Å². The Morgan fingerprint density at radius 3 is 2.45 bits per heavy atom. The van der Waals surface area contributed by atoms with Crippen LogP contribution in [0.2, 0.25) is 0 Å². The maximum absolute atomic E-state index is 13.1. The molecule has 5 rings (SSSR count). The van der Waals surface area contributed by atoms with Gasteiger partial charge in [-0.05, 0) is 55.6 Å². The molecule has 2 bridgehead atoms. The van der Waals surface area contributed by atoms with Crippen molar-refractivity contribution >= 4 is 17.6 Å². The number of halogens is 3. The summed E-state index contributed by atoms with van der Waals surface area (Å²) >= 11 is 0. The Kier molecular flexibility index (Phi) is 8.85. The molecule has 2 aliphatic heterocycles. The van der Waals surface area contributed by atoms with Crippen LogP contribution in [0, 0.1) is 6.92 Å². The zero-order valence-corrected chi connectivity index (χ0v) is 23.6. The second-order valence-corrected chi connectivity index (χ2v) is 10.2. The molecule has 2 aromatic heterocycles. The van der Waals surface area contributed by atoms with E-state index in [1.165, 1.54) is 12.1 Å². The van der Waals surface area contributed by atoms with Crippen LogP contribution in [-0.2, 0) is 22.6 Å². The van der Waals surface area contributed by atoms with Crippen molar-refractivity contribution in [2.45, 2.75) is 32.7 Å². The monoisotopic (exact) mass is 615 g/mol. The number of hydrogen-bond donors (Lipinski definition) is 0. The van der Waals surface area contributed by atoms with E-state index < -0.39 is 35.3 Å². The van der Waals surface area contributed by atoms with Gasteiger partial charge in [0.25, 0.3) is 0 Å². The van der Waals surface area contributed by atoms with Crippen LogP contribution in [0.1, 0.15) is 23.2 Å². The van der Waals surface area contributed by atoms with E-state index in [1.807, 2.05) is 11.8 Å². The number of piperazine rings is 1. The van der Waals surface area contributed by atoms with Crippen molar-refractivity contribution in [3.05, 3.63) is 92.5 Å². The number of hydrogen-bond acceptors (Lipinski definition) is 10. The molecule has 15 heteroatoms. The zero-order valence-electron chi connectivity index (χ0n) is 23.6. The van der Waals surface area contributed by atoms with Gasteiger partial charge in [0, 0.05) is 50.2 Å². The summed E-state index contributed by atoms with van der Waals surface area (Å²) in [5.74, 6) is -2.78. The summed E-state index contributed by atoms with van der Waals surface area (Å²) in [6, 6.07) is 7.87. The highest BCUT2D eigenvalue weighted by atomic mass is 19.4. The van der Waals surface area contributed by atoms with Gasteiger partial charge in [0.15, 0.2) is 5.75 Å². The Hall–Kier alpha value is -4.92. The van der Waals surface area contributed by atoms with Crippen molar-refractivity contribution < 1.29 is 37.1 Å². The molecule has 0 aliphatic carbocycles. The van der Waals surface area contributed by atoms with Crippen LogP contribution in [-0.4, -0.2) is 70.2 Å². The fourth-order valence-electron chi connectivity index (χ4n) is 5.08. The van der Waals surface area contributed by atoms with Crippen molar-refractivity contribution in [1.82, 2.24) is 19.2 Å². The Bertz CT molecular complexity index is 1710. The average Bonchev–Trinajstić information content (AvgIpc) is 3.01. The lowest BCUT2D eigenvalue weighted by Crippen LogP contribution is -2.46. The van der Waals surface area contributed by atoms with E-state index >= 15 is 0 Å². The van der Waals surface area contributed by atoms with E-state index in [-0.39, 0.29) is 17.0 Å². The molecular weight excluding hydrogens is 587 g/mol. The summed E-state index contributed by atoms with van der Waals surface area (Å²) in [6.45, 7) is 4.84. The number of ether oxygens (including phenoxy) is 2. The number of nitrogens with zero attached hydrogens (tertiary/aromatic N) is 5. The Morgan fingerprint density at radius 2 is 1.70 bits per heavy atom. The van der Waals surface area contributed by atoms with E-state index in [2.05, 4.69) is 14.6 Å². The molecule has 12 nitrogen and oxygen atoms in total. The number of pyridine rings is 1. The summed E-state index contributed by atoms with van der Waals surface area (Å²) in [5, 5.41) is 0. The highest BCUT2D eigenvalue weighted by Gasteiger charge is 2.33. The van der Waals surface area contributed by atoms with Gasteiger partial charge in [0.1, 0.15) is 0 Å². The first-order valence-corrected chi connectivity index (χ1v) is 13.7. The molecule has 0 unspecified atom stereocenters. The van der Waals surface area contributed by atoms with E-state index in [4.69, 9.17) is 9.57 Å². The molecule has 0 saturated carbocycles. The Labute approximate surface area is 248 Å². The summed E-state index contributed by atoms with van der Waals surface area (Å²) in [6.07, 6.45) is 0.769. The van der Waals surface area contributed by atoms with Crippen LogP contribution in [0.15, 0.2) is 64.5 Å². The minimum absolute atomic E-state index is 0.0400. The Morgan fingerprint density at radius 1 is 0.977 bits per heavy atom. The molecule has 0 amide bonds. The molecule has 0 spiro atoms. The normalized spacial score (nSPS) is 16.4. The standard InChI is InChI=1S/C29H28F3N5O7/c1-19-10-11-33-21(20(19)17-36-18-24-27(40)37(28(36)41)44-26(39)9-8-25(38)42-24)5-4-12-34-13-15-35(16-14-34)22-6-2-3-7-23(22)43-29(30,31)32/h2-3,6-11,18H,4-5,12-17H2,1H3/b9-8+. The van der Waals surface area contributed by atoms with Gasteiger partial charge >= 0.3 is 29.5 Å². The predicted octanol–water partition coefficient (Wildman–Crippen LogP) is 1.85. The number of anilines is 1. The molecule has 0 N–H and O–H groups in total. The van der Waals surface area contributed by atoms with Gasteiger partial charge in [0.05, 0.1) is 18.4 Å². The van der Waals surface area contributed by atoms with E-state index in [9.17, 15) is 32.3 Å². The molecule has 2 aliphatic rings. The molecule has 0 radical (unpaired) electrons. The summed E-state index contributed by atoms with van der Waals surface area (Å²) in [7, 11) is 0. The molecule has 4 heterocycles. The van der Waals surface area contributed by atoms with Gasteiger partial charge < -0.3 is 19.2 Å². The average molecular weight is 616 g/mol. The van der Waals surface area contributed by atoms with Crippen molar-refractivity contribution in [2.75, 3.05) is 37.6 Å². The van der Waals surface area contributed by atoms with Gasteiger partial charge in [-0.3, -0.25) is 19.2 Å². The fraction of sp³-hybridized carbons (Fsp3) is 0.345. The summed E-state index contributed by atoms with van der Waals surface area (Å²) < 4.78 is 49.1. The van der Waals surface area contributed by atoms with Crippen LogP contribution in [0.25, 0.3) is 0 Å². The third kappa shape index (κ3) is 7.16. The van der Waals surface area contributed by atoms with Crippen molar-refractivity contribution in [1.29, 1.82) is 0 Å². The maximum atomic E-state index is 13.1. The third-order valence-electron chi connectivity index (χ3n) is 7.23. The fourth-order valence-corrected chi connectivity index (χ4v) is 5.08. The molecule has 232 valence electrons. The van der Waals surface area contributed by atoms with Crippen LogP contribution in [0.5, 0.6) is 11.5 Å². The lowest BCUT2D eigenvalue weighted by atomic mass is 10.0. The minimum Gasteiger partial charge on any atom is -0.416 e.